The zero-order chi connectivity index (χ0) is 12.8. The topological polar surface area (TPSA) is 41.5 Å². The second kappa shape index (κ2) is 3.69. The Morgan fingerprint density at radius 1 is 1.19 bits per heavy atom. The summed E-state index contributed by atoms with van der Waals surface area (Å²) in [6, 6.07) is 0. The van der Waals surface area contributed by atoms with Crippen LogP contribution < -0.4 is 5.32 Å². The molecule has 0 spiro atoms. The molecule has 1 saturated heterocycles. The third-order valence-electron chi connectivity index (χ3n) is 3.28. The van der Waals surface area contributed by atoms with Gasteiger partial charge in [0.05, 0.1) is 11.2 Å². The van der Waals surface area contributed by atoms with Crippen LogP contribution in [-0.2, 0) is 4.74 Å². The summed E-state index contributed by atoms with van der Waals surface area (Å²) in [5.74, 6) is 0. The Balaban J connectivity index is 2.77. The lowest BCUT2D eigenvalue weighted by atomic mass is 9.82. The van der Waals surface area contributed by atoms with Crippen LogP contribution in [0.1, 0.15) is 54.9 Å². The molecule has 1 fully saturated rings. The Morgan fingerprint density at radius 2 is 1.69 bits per heavy atom. The van der Waals surface area contributed by atoms with Gasteiger partial charge in [0.2, 0.25) is 0 Å². The molecule has 1 heterocycles. The summed E-state index contributed by atoms with van der Waals surface area (Å²) in [4.78, 5) is 0. The molecule has 0 amide bonds. The maximum Gasteiger partial charge on any atom is 0.108 e. The first-order valence-corrected chi connectivity index (χ1v) is 6.05. The van der Waals surface area contributed by atoms with Crippen molar-refractivity contribution < 1.29 is 9.84 Å². The van der Waals surface area contributed by atoms with E-state index in [2.05, 4.69) is 26.1 Å². The van der Waals surface area contributed by atoms with Gasteiger partial charge in [-0.2, -0.15) is 0 Å². The summed E-state index contributed by atoms with van der Waals surface area (Å²) in [7, 11) is 0. The van der Waals surface area contributed by atoms with E-state index in [1.165, 1.54) is 0 Å². The number of hydrogen-bond donors (Lipinski definition) is 2. The van der Waals surface area contributed by atoms with Crippen LogP contribution in [0.5, 0.6) is 0 Å². The van der Waals surface area contributed by atoms with Gasteiger partial charge >= 0.3 is 0 Å². The zero-order valence-electron chi connectivity index (χ0n) is 11.8. The number of ether oxygens (including phenoxy) is 1. The minimum absolute atomic E-state index is 0.0124. The monoisotopic (exact) mass is 229 g/mol. The van der Waals surface area contributed by atoms with Crippen LogP contribution in [0.15, 0.2) is 0 Å². The van der Waals surface area contributed by atoms with Gasteiger partial charge in [-0.3, -0.25) is 0 Å². The highest BCUT2D eigenvalue weighted by atomic mass is 16.5. The molecule has 3 nitrogen and oxygen atoms in total. The average Bonchev–Trinajstić information content (AvgIpc) is 2.11. The first-order valence-electron chi connectivity index (χ1n) is 6.05. The summed E-state index contributed by atoms with van der Waals surface area (Å²) in [6.45, 7) is 14.9. The van der Waals surface area contributed by atoms with E-state index in [-0.39, 0.29) is 11.1 Å². The van der Waals surface area contributed by atoms with Gasteiger partial charge in [0.25, 0.3) is 0 Å². The van der Waals surface area contributed by atoms with E-state index in [0.29, 0.717) is 13.0 Å². The van der Waals surface area contributed by atoms with E-state index >= 15 is 0 Å². The number of hydrogen-bond acceptors (Lipinski definition) is 3. The summed E-state index contributed by atoms with van der Waals surface area (Å²) >= 11 is 0. The van der Waals surface area contributed by atoms with Gasteiger partial charge in [0.1, 0.15) is 5.60 Å². The van der Waals surface area contributed by atoms with Crippen LogP contribution >= 0.6 is 0 Å². The van der Waals surface area contributed by atoms with Crippen LogP contribution in [0.2, 0.25) is 0 Å². The largest absolute Gasteiger partial charge is 0.385 e. The van der Waals surface area contributed by atoms with Crippen molar-refractivity contribution >= 4 is 0 Å². The SMILES string of the molecule is CC(C)(C)NCC1(O)CC(C)(C)OC1(C)C. The van der Waals surface area contributed by atoms with E-state index in [0.717, 1.165) is 0 Å². The third-order valence-corrected chi connectivity index (χ3v) is 3.28. The Hall–Kier alpha value is -0.120. The molecular weight excluding hydrogens is 202 g/mol. The predicted molar refractivity (Wildman–Crippen MR) is 66.6 cm³/mol. The van der Waals surface area contributed by atoms with E-state index in [9.17, 15) is 5.11 Å². The number of aliphatic hydroxyl groups is 1. The molecule has 0 bridgehead atoms. The van der Waals surface area contributed by atoms with Gasteiger partial charge in [0.15, 0.2) is 0 Å². The van der Waals surface area contributed by atoms with Crippen molar-refractivity contribution in [2.45, 2.75) is 77.2 Å². The fourth-order valence-electron chi connectivity index (χ4n) is 2.43. The fraction of sp³-hybridized carbons (Fsp3) is 1.00. The van der Waals surface area contributed by atoms with Crippen molar-refractivity contribution in [3.63, 3.8) is 0 Å². The van der Waals surface area contributed by atoms with Crippen molar-refractivity contribution in [1.29, 1.82) is 0 Å². The molecule has 1 aliphatic heterocycles. The fourth-order valence-corrected chi connectivity index (χ4v) is 2.43. The lowest BCUT2D eigenvalue weighted by Gasteiger charge is -2.37. The van der Waals surface area contributed by atoms with Crippen LogP contribution in [0.3, 0.4) is 0 Å². The van der Waals surface area contributed by atoms with Gasteiger partial charge < -0.3 is 15.2 Å². The van der Waals surface area contributed by atoms with Crippen LogP contribution in [-0.4, -0.2) is 34.0 Å². The molecule has 0 aromatic carbocycles. The minimum atomic E-state index is -0.802. The quantitative estimate of drug-likeness (QED) is 0.762. The van der Waals surface area contributed by atoms with E-state index < -0.39 is 11.2 Å². The van der Waals surface area contributed by atoms with Gasteiger partial charge in [-0.05, 0) is 48.5 Å². The van der Waals surface area contributed by atoms with Gasteiger partial charge in [-0.25, -0.2) is 0 Å². The van der Waals surface area contributed by atoms with Crippen LogP contribution in [0.25, 0.3) is 0 Å². The maximum atomic E-state index is 10.7. The molecule has 1 rings (SSSR count). The van der Waals surface area contributed by atoms with Crippen molar-refractivity contribution in [3.8, 4) is 0 Å². The Bertz CT molecular complexity index is 266. The molecule has 0 radical (unpaired) electrons. The van der Waals surface area contributed by atoms with Crippen molar-refractivity contribution in [2.75, 3.05) is 6.54 Å². The van der Waals surface area contributed by atoms with E-state index in [1.807, 2.05) is 27.7 Å². The molecular formula is C13H27NO2. The molecule has 0 saturated carbocycles. The Morgan fingerprint density at radius 3 is 2.00 bits per heavy atom. The third kappa shape index (κ3) is 2.96. The molecule has 2 N–H and O–H groups in total. The van der Waals surface area contributed by atoms with Crippen LogP contribution in [0.4, 0.5) is 0 Å². The lowest BCUT2D eigenvalue weighted by molar-refractivity contribution is -0.125. The van der Waals surface area contributed by atoms with Gasteiger partial charge in [-0.1, -0.05) is 0 Å². The summed E-state index contributed by atoms with van der Waals surface area (Å²) in [5.41, 5.74) is -1.55. The summed E-state index contributed by atoms with van der Waals surface area (Å²) in [5, 5.41) is 14.1. The molecule has 0 aliphatic carbocycles. The van der Waals surface area contributed by atoms with Crippen LogP contribution in [0, 0.1) is 0 Å². The van der Waals surface area contributed by atoms with Crippen molar-refractivity contribution in [2.24, 2.45) is 0 Å². The highest BCUT2D eigenvalue weighted by Gasteiger charge is 2.56. The van der Waals surface area contributed by atoms with Crippen molar-refractivity contribution in [1.82, 2.24) is 5.32 Å². The molecule has 1 unspecified atom stereocenters. The van der Waals surface area contributed by atoms with E-state index in [4.69, 9.17) is 4.74 Å². The maximum absolute atomic E-state index is 10.7. The normalized spacial score (nSPS) is 33.0. The van der Waals surface area contributed by atoms with Gasteiger partial charge in [-0.15, -0.1) is 0 Å². The number of β-amino-alcohol motifs (C(OH)–C–C–N with tert-alkyl or cyclic N) is 1. The minimum Gasteiger partial charge on any atom is -0.385 e. The predicted octanol–water partition coefficient (Wildman–Crippen LogP) is 2.08. The Kier molecular flexibility index (Phi) is 3.21. The molecule has 96 valence electrons. The second-order valence-electron chi connectivity index (χ2n) is 7.18. The first-order chi connectivity index (χ1) is 6.87. The molecule has 3 heteroatoms. The lowest BCUT2D eigenvalue weighted by Crippen LogP contribution is -2.56. The van der Waals surface area contributed by atoms with Gasteiger partial charge in [0, 0.05) is 18.5 Å². The standard InChI is InChI=1S/C13H27NO2/c1-10(2,3)14-9-13(15)8-11(4,5)16-12(13,6)7/h14-15H,8-9H2,1-7H3. The zero-order valence-corrected chi connectivity index (χ0v) is 11.8. The summed E-state index contributed by atoms with van der Waals surface area (Å²) in [6.07, 6.45) is 0.663. The van der Waals surface area contributed by atoms with Crippen molar-refractivity contribution in [3.05, 3.63) is 0 Å². The first kappa shape index (κ1) is 13.9. The number of nitrogens with one attached hydrogen (secondary N) is 1. The Labute approximate surface area is 99.6 Å². The molecule has 0 aromatic rings. The molecule has 1 atom stereocenters. The second-order valence-corrected chi connectivity index (χ2v) is 7.18. The highest BCUT2D eigenvalue weighted by Crippen LogP contribution is 2.44. The smallest absolute Gasteiger partial charge is 0.108 e. The molecule has 16 heavy (non-hydrogen) atoms. The average molecular weight is 229 g/mol. The molecule has 1 aliphatic rings. The summed E-state index contributed by atoms with van der Waals surface area (Å²) < 4.78 is 5.93. The highest BCUT2D eigenvalue weighted by molar-refractivity contribution is 5.07. The van der Waals surface area contributed by atoms with E-state index in [1.54, 1.807) is 0 Å². The molecule has 0 aromatic heterocycles. The number of rotatable bonds is 2.